The van der Waals surface area contributed by atoms with Gasteiger partial charge in [0.05, 0.1) is 28.8 Å². The number of benzene rings is 1. The average Bonchev–Trinajstić information content (AvgIpc) is 3.02. The molecule has 35 heavy (non-hydrogen) atoms. The number of allylic oxidation sites excluding steroid dienone is 2. The van der Waals surface area contributed by atoms with Gasteiger partial charge < -0.3 is 15.1 Å². The van der Waals surface area contributed by atoms with Crippen molar-refractivity contribution < 1.29 is 13.8 Å². The summed E-state index contributed by atoms with van der Waals surface area (Å²) < 4.78 is 16.9. The van der Waals surface area contributed by atoms with Gasteiger partial charge in [-0.15, -0.1) is 0 Å². The number of fused-ring (bicyclic) bond motifs is 1. The summed E-state index contributed by atoms with van der Waals surface area (Å²) in [5, 5.41) is 5.56. The maximum Gasteiger partial charge on any atom is 0.242 e. The van der Waals surface area contributed by atoms with Crippen molar-refractivity contribution in [2.45, 2.75) is 49.6 Å². The molecule has 4 rings (SSSR count). The quantitative estimate of drug-likeness (QED) is 0.554. The SMILES string of the molecule is C=C1[C@@H](NS(=C)(=O)c2ccc3c(c2)=CC=C(Cl)CC=3)CCCN1CC(=O)N1CC(=O)NCC1CC. The highest BCUT2D eigenvalue weighted by Crippen LogP contribution is 2.22. The van der Waals surface area contributed by atoms with Crippen LogP contribution in [0, 0.1) is 0 Å². The van der Waals surface area contributed by atoms with Gasteiger partial charge in [0.2, 0.25) is 11.8 Å². The molecule has 188 valence electrons. The lowest BCUT2D eigenvalue weighted by atomic mass is 10.0. The monoisotopic (exact) mass is 516 g/mol. The second-order valence-corrected chi connectivity index (χ2v) is 11.8. The summed E-state index contributed by atoms with van der Waals surface area (Å²) in [7, 11) is -2.82. The van der Waals surface area contributed by atoms with Gasteiger partial charge in [0, 0.05) is 41.2 Å². The predicted molar refractivity (Wildman–Crippen MR) is 142 cm³/mol. The van der Waals surface area contributed by atoms with Crippen molar-refractivity contribution in [3.05, 3.63) is 52.0 Å². The summed E-state index contributed by atoms with van der Waals surface area (Å²) >= 11 is 6.16. The Morgan fingerprint density at radius 3 is 2.89 bits per heavy atom. The molecule has 9 heteroatoms. The zero-order valence-corrected chi connectivity index (χ0v) is 21.7. The Kier molecular flexibility index (Phi) is 7.73. The molecule has 1 aromatic rings. The van der Waals surface area contributed by atoms with Gasteiger partial charge in [0.25, 0.3) is 0 Å². The Labute approximate surface area is 212 Å². The highest BCUT2D eigenvalue weighted by Gasteiger charge is 2.32. The Morgan fingerprint density at radius 1 is 1.31 bits per heavy atom. The highest BCUT2D eigenvalue weighted by atomic mass is 35.5. The minimum atomic E-state index is -2.82. The van der Waals surface area contributed by atoms with Crippen LogP contribution in [0.2, 0.25) is 0 Å². The summed E-state index contributed by atoms with van der Waals surface area (Å²) in [5.41, 5.74) is 0.722. The van der Waals surface area contributed by atoms with Crippen molar-refractivity contribution in [3.63, 3.8) is 0 Å². The maximum absolute atomic E-state index is 13.7. The van der Waals surface area contributed by atoms with Gasteiger partial charge in [-0.05, 0) is 53.8 Å². The summed E-state index contributed by atoms with van der Waals surface area (Å²) in [6.07, 6.45) is 8.86. The molecule has 2 saturated heterocycles. The number of amides is 2. The molecule has 0 bridgehead atoms. The van der Waals surface area contributed by atoms with E-state index in [-0.39, 0.29) is 37.0 Å². The first kappa shape index (κ1) is 25.5. The zero-order chi connectivity index (χ0) is 25.2. The van der Waals surface area contributed by atoms with Gasteiger partial charge in [0.15, 0.2) is 0 Å². The van der Waals surface area contributed by atoms with Crippen LogP contribution >= 0.6 is 11.6 Å². The lowest BCUT2D eigenvalue weighted by Gasteiger charge is -2.40. The van der Waals surface area contributed by atoms with E-state index in [4.69, 9.17) is 11.6 Å². The number of rotatable bonds is 6. The van der Waals surface area contributed by atoms with E-state index in [9.17, 15) is 13.8 Å². The van der Waals surface area contributed by atoms with Crippen LogP contribution in [0.3, 0.4) is 0 Å². The van der Waals surface area contributed by atoms with Crippen LogP contribution in [0.5, 0.6) is 0 Å². The minimum Gasteiger partial charge on any atom is -0.365 e. The molecule has 2 amide bonds. The van der Waals surface area contributed by atoms with Gasteiger partial charge in [-0.2, -0.15) is 0 Å². The molecule has 2 unspecified atom stereocenters. The number of piperidine rings is 1. The second-order valence-electron chi connectivity index (χ2n) is 9.27. The molecule has 0 saturated carbocycles. The van der Waals surface area contributed by atoms with E-state index >= 15 is 0 Å². The van der Waals surface area contributed by atoms with Crippen LogP contribution in [0.1, 0.15) is 32.6 Å². The van der Waals surface area contributed by atoms with E-state index in [1.807, 2.05) is 48.3 Å². The van der Waals surface area contributed by atoms with Crippen molar-refractivity contribution in [1.82, 2.24) is 19.8 Å². The van der Waals surface area contributed by atoms with Gasteiger partial charge >= 0.3 is 0 Å². The maximum atomic E-state index is 13.7. The Bertz CT molecular complexity index is 1290. The molecule has 2 heterocycles. The number of carbonyl (C=O) groups excluding carboxylic acids is 2. The lowest BCUT2D eigenvalue weighted by Crippen LogP contribution is -2.58. The second kappa shape index (κ2) is 10.6. The molecular weight excluding hydrogens is 484 g/mol. The smallest absolute Gasteiger partial charge is 0.242 e. The summed E-state index contributed by atoms with van der Waals surface area (Å²) in [6.45, 7) is 7.63. The number of likely N-dealkylation sites (tertiary alicyclic amines) is 1. The number of carbonyl (C=O) groups is 2. The molecule has 3 atom stereocenters. The third-order valence-electron chi connectivity index (χ3n) is 6.87. The summed E-state index contributed by atoms with van der Waals surface area (Å²) in [5.74, 6) is 3.79. The molecule has 3 aliphatic rings. The predicted octanol–water partition coefficient (Wildman–Crippen LogP) is 1.07. The topological polar surface area (TPSA) is 81.8 Å². The van der Waals surface area contributed by atoms with E-state index in [0.29, 0.717) is 24.4 Å². The number of hydrogen-bond acceptors (Lipinski definition) is 4. The van der Waals surface area contributed by atoms with Gasteiger partial charge in [0.1, 0.15) is 0 Å². The molecule has 0 spiro atoms. The number of nitrogens with zero attached hydrogens (tertiary/aromatic N) is 2. The lowest BCUT2D eigenvalue weighted by molar-refractivity contribution is -0.142. The van der Waals surface area contributed by atoms with Crippen LogP contribution < -0.4 is 20.5 Å². The van der Waals surface area contributed by atoms with Crippen LogP contribution in [0.25, 0.3) is 12.2 Å². The van der Waals surface area contributed by atoms with Crippen LogP contribution in [-0.4, -0.2) is 70.0 Å². The normalized spacial score (nSPS) is 24.2. The number of halogens is 1. The molecule has 0 aromatic heterocycles. The molecule has 0 radical (unpaired) electrons. The third kappa shape index (κ3) is 5.82. The molecule has 1 aromatic carbocycles. The van der Waals surface area contributed by atoms with E-state index in [1.165, 1.54) is 0 Å². The van der Waals surface area contributed by atoms with Crippen molar-refractivity contribution in [2.75, 3.05) is 26.2 Å². The highest BCUT2D eigenvalue weighted by molar-refractivity contribution is 7.98. The molecule has 2 fully saturated rings. The van der Waals surface area contributed by atoms with Gasteiger partial charge in [-0.3, -0.25) is 9.59 Å². The molecule has 2 N–H and O–H groups in total. The van der Waals surface area contributed by atoms with E-state index < -0.39 is 9.71 Å². The third-order valence-corrected chi connectivity index (χ3v) is 8.83. The van der Waals surface area contributed by atoms with Crippen LogP contribution in [0.15, 0.2) is 46.5 Å². The summed E-state index contributed by atoms with van der Waals surface area (Å²) in [6, 6.07) is 5.40. The molecule has 1 aliphatic carbocycles. The Balaban J connectivity index is 1.47. The van der Waals surface area contributed by atoms with Gasteiger partial charge in [-0.1, -0.05) is 43.3 Å². The van der Waals surface area contributed by atoms with Crippen molar-refractivity contribution >= 4 is 51.1 Å². The molecular formula is C26H33ClN4O3S. The first-order chi connectivity index (χ1) is 16.7. The Morgan fingerprint density at radius 2 is 2.11 bits per heavy atom. The number of piperazine rings is 1. The average molecular weight is 517 g/mol. The van der Waals surface area contributed by atoms with E-state index in [0.717, 1.165) is 40.4 Å². The van der Waals surface area contributed by atoms with Gasteiger partial charge in [-0.25, -0.2) is 8.93 Å². The number of nitrogens with one attached hydrogen (secondary N) is 2. The standard InChI is InChI=1S/C26H33ClN4O3S/c1-4-22-15-28-25(32)16-31(22)26(33)17-30-13-5-6-24(18(30)2)29-35(3,34)23-12-9-19-7-10-21(27)11-8-20(19)14-23/h7-9,11-12,14,22,24H,2-6,10,13,15-17H2,1H3,(H,28,32)(H,29,34)/t22?,24-,35?/m0/s1. The van der Waals surface area contributed by atoms with Crippen LogP contribution in [0.4, 0.5) is 0 Å². The van der Waals surface area contributed by atoms with Crippen molar-refractivity contribution in [1.29, 1.82) is 0 Å². The molecule has 2 aliphatic heterocycles. The fourth-order valence-corrected chi connectivity index (χ4v) is 6.35. The zero-order valence-electron chi connectivity index (χ0n) is 20.1. The minimum absolute atomic E-state index is 0.00209. The fraction of sp³-hybridized carbons (Fsp3) is 0.423. The first-order valence-corrected chi connectivity index (χ1v) is 14.1. The van der Waals surface area contributed by atoms with E-state index in [2.05, 4.69) is 22.5 Å². The largest absolute Gasteiger partial charge is 0.365 e. The Hall–Kier alpha value is -2.55. The number of hydrogen-bond donors (Lipinski definition) is 2. The van der Waals surface area contributed by atoms with Crippen molar-refractivity contribution in [3.8, 4) is 0 Å². The van der Waals surface area contributed by atoms with Crippen molar-refractivity contribution in [2.24, 2.45) is 0 Å². The first-order valence-electron chi connectivity index (χ1n) is 12.0. The van der Waals surface area contributed by atoms with Crippen LogP contribution in [-0.2, 0) is 19.3 Å². The summed E-state index contributed by atoms with van der Waals surface area (Å²) in [4.78, 5) is 29.2. The van der Waals surface area contributed by atoms with E-state index in [1.54, 1.807) is 4.90 Å². The fourth-order valence-electron chi connectivity index (χ4n) is 4.76. The molecule has 7 nitrogen and oxygen atoms in total.